The number of sulfonamides is 1. The van der Waals surface area contributed by atoms with Crippen LogP contribution in [0.25, 0.3) is 11.5 Å². The van der Waals surface area contributed by atoms with Crippen molar-refractivity contribution in [2.75, 3.05) is 22.9 Å². The predicted octanol–water partition coefficient (Wildman–Crippen LogP) is 4.72. The van der Waals surface area contributed by atoms with Gasteiger partial charge >= 0.3 is 0 Å². The Balaban J connectivity index is 1.42. The van der Waals surface area contributed by atoms with Crippen molar-refractivity contribution in [3.05, 3.63) is 59.2 Å². The largest absolute Gasteiger partial charge is 0.411 e. The van der Waals surface area contributed by atoms with E-state index in [2.05, 4.69) is 43.1 Å². The number of hydrogen-bond donors (Lipinski definition) is 0. The molecule has 1 aliphatic rings. The van der Waals surface area contributed by atoms with E-state index in [1.807, 2.05) is 12.1 Å². The molecule has 3 aromatic rings. The van der Waals surface area contributed by atoms with Gasteiger partial charge in [-0.05, 0) is 59.7 Å². The maximum Gasteiger partial charge on any atom is 0.277 e. The SMILES string of the molecule is CC(C)(C)c1ccc(-c2nnc(SCC(=O)c3ccc4c(c3)CCCN4S(C)(=O)=O)o2)cc1. The second kappa shape index (κ2) is 8.95. The lowest BCUT2D eigenvalue weighted by molar-refractivity contribution is 0.102. The highest BCUT2D eigenvalue weighted by Crippen LogP contribution is 2.31. The summed E-state index contributed by atoms with van der Waals surface area (Å²) in [7, 11) is -3.33. The number of benzene rings is 2. The lowest BCUT2D eigenvalue weighted by Gasteiger charge is -2.29. The van der Waals surface area contributed by atoms with Crippen molar-refractivity contribution >= 4 is 33.3 Å². The van der Waals surface area contributed by atoms with Gasteiger partial charge in [0, 0.05) is 17.7 Å². The van der Waals surface area contributed by atoms with Crippen molar-refractivity contribution in [3.63, 3.8) is 0 Å². The van der Waals surface area contributed by atoms with Gasteiger partial charge in [0.25, 0.3) is 5.22 Å². The van der Waals surface area contributed by atoms with Crippen LogP contribution in [-0.4, -0.2) is 43.0 Å². The maximum atomic E-state index is 12.7. The summed E-state index contributed by atoms with van der Waals surface area (Å²) in [5.74, 6) is 0.493. The summed E-state index contributed by atoms with van der Waals surface area (Å²) in [6, 6.07) is 13.2. The van der Waals surface area contributed by atoms with Gasteiger partial charge in [-0.3, -0.25) is 9.10 Å². The van der Waals surface area contributed by atoms with Crippen LogP contribution in [0.3, 0.4) is 0 Å². The molecule has 0 atom stereocenters. The first kappa shape index (κ1) is 23.5. The fourth-order valence-electron chi connectivity index (χ4n) is 3.79. The first-order chi connectivity index (χ1) is 15.5. The number of anilines is 1. The molecule has 0 saturated heterocycles. The second-order valence-corrected chi connectivity index (χ2v) is 12.0. The number of carbonyl (C=O) groups excluding carboxylic acids is 1. The van der Waals surface area contributed by atoms with E-state index in [1.54, 1.807) is 18.2 Å². The first-order valence-corrected chi connectivity index (χ1v) is 13.6. The van der Waals surface area contributed by atoms with Gasteiger partial charge in [0.05, 0.1) is 17.7 Å². The third kappa shape index (κ3) is 5.30. The molecule has 0 saturated carbocycles. The van der Waals surface area contributed by atoms with Crippen LogP contribution >= 0.6 is 11.8 Å². The van der Waals surface area contributed by atoms with Crippen LogP contribution < -0.4 is 4.31 Å². The fourth-order valence-corrected chi connectivity index (χ4v) is 5.44. The van der Waals surface area contributed by atoms with E-state index in [-0.39, 0.29) is 17.0 Å². The smallest absolute Gasteiger partial charge is 0.277 e. The number of Topliss-reactive ketones (excluding diaryl/α,β-unsaturated/α-hetero) is 1. The standard InChI is InChI=1S/C24H27N3O4S2/c1-24(2,3)19-10-7-16(8-11-19)22-25-26-23(31-22)32-15-21(28)18-9-12-20-17(14-18)6-5-13-27(20)33(4,29)30/h7-12,14H,5-6,13,15H2,1-4H3. The van der Waals surface area contributed by atoms with Crippen molar-refractivity contribution < 1.29 is 17.6 Å². The number of rotatable bonds is 6. The van der Waals surface area contributed by atoms with E-state index in [9.17, 15) is 13.2 Å². The van der Waals surface area contributed by atoms with Gasteiger partial charge in [-0.25, -0.2) is 8.42 Å². The molecule has 1 aromatic heterocycles. The van der Waals surface area contributed by atoms with Crippen LogP contribution in [0.2, 0.25) is 0 Å². The number of thioether (sulfide) groups is 1. The number of hydrogen-bond acceptors (Lipinski definition) is 7. The zero-order valence-electron chi connectivity index (χ0n) is 19.2. The molecule has 2 heterocycles. The molecular formula is C24H27N3O4S2. The molecule has 33 heavy (non-hydrogen) atoms. The first-order valence-electron chi connectivity index (χ1n) is 10.7. The number of ketones is 1. The second-order valence-electron chi connectivity index (χ2n) is 9.19. The highest BCUT2D eigenvalue weighted by atomic mass is 32.2. The normalized spacial score (nSPS) is 14.2. The van der Waals surface area contributed by atoms with Gasteiger partial charge < -0.3 is 4.42 Å². The average molecular weight is 486 g/mol. The molecule has 1 aliphatic heterocycles. The Kier molecular flexibility index (Phi) is 6.37. The van der Waals surface area contributed by atoms with Gasteiger partial charge in [0.2, 0.25) is 15.9 Å². The van der Waals surface area contributed by atoms with Gasteiger partial charge in [-0.2, -0.15) is 0 Å². The van der Waals surface area contributed by atoms with E-state index >= 15 is 0 Å². The molecule has 0 spiro atoms. The van der Waals surface area contributed by atoms with Gasteiger partial charge in [0.1, 0.15) is 0 Å². The molecule has 0 fully saturated rings. The minimum Gasteiger partial charge on any atom is -0.411 e. The molecule has 0 radical (unpaired) electrons. The number of carbonyl (C=O) groups is 1. The summed E-state index contributed by atoms with van der Waals surface area (Å²) in [6.45, 7) is 6.94. The van der Waals surface area contributed by atoms with E-state index in [1.165, 1.54) is 27.9 Å². The zero-order chi connectivity index (χ0) is 23.8. The number of fused-ring (bicyclic) bond motifs is 1. The van der Waals surface area contributed by atoms with Crippen molar-refractivity contribution in [2.45, 2.75) is 44.3 Å². The van der Waals surface area contributed by atoms with Gasteiger partial charge in [-0.1, -0.05) is 44.7 Å². The van der Waals surface area contributed by atoms with Crippen molar-refractivity contribution in [1.29, 1.82) is 0 Å². The fraction of sp³-hybridized carbons (Fsp3) is 0.375. The van der Waals surface area contributed by atoms with Crippen molar-refractivity contribution in [3.8, 4) is 11.5 Å². The Morgan fingerprint density at radius 1 is 1.12 bits per heavy atom. The Bertz CT molecular complexity index is 1280. The molecule has 0 N–H and O–H groups in total. The lowest BCUT2D eigenvalue weighted by atomic mass is 9.87. The Labute approximate surface area is 198 Å². The van der Waals surface area contributed by atoms with E-state index < -0.39 is 10.0 Å². The molecule has 0 bridgehead atoms. The van der Waals surface area contributed by atoms with Crippen molar-refractivity contribution in [1.82, 2.24) is 10.2 Å². The van der Waals surface area contributed by atoms with E-state index in [0.717, 1.165) is 24.0 Å². The van der Waals surface area contributed by atoms with Gasteiger partial charge in [-0.15, -0.1) is 10.2 Å². The highest BCUT2D eigenvalue weighted by molar-refractivity contribution is 7.99. The zero-order valence-corrected chi connectivity index (χ0v) is 20.8. The highest BCUT2D eigenvalue weighted by Gasteiger charge is 2.25. The Morgan fingerprint density at radius 2 is 1.85 bits per heavy atom. The monoisotopic (exact) mass is 485 g/mol. The molecular weight excluding hydrogens is 458 g/mol. The topological polar surface area (TPSA) is 93.4 Å². The molecule has 0 unspecified atom stereocenters. The third-order valence-corrected chi connectivity index (χ3v) is 7.61. The molecule has 9 heteroatoms. The average Bonchev–Trinajstić information content (AvgIpc) is 3.24. The Hall–Kier alpha value is -2.65. The third-order valence-electron chi connectivity index (χ3n) is 5.61. The van der Waals surface area contributed by atoms with Gasteiger partial charge in [0.15, 0.2) is 5.78 Å². The molecule has 0 aliphatic carbocycles. The predicted molar refractivity (Wildman–Crippen MR) is 130 cm³/mol. The summed E-state index contributed by atoms with van der Waals surface area (Å²) in [5.41, 5.74) is 4.20. The number of nitrogens with zero attached hydrogens (tertiary/aromatic N) is 3. The molecule has 4 rings (SSSR count). The minimum atomic E-state index is -3.33. The summed E-state index contributed by atoms with van der Waals surface area (Å²) in [4.78, 5) is 12.7. The van der Waals surface area contributed by atoms with E-state index in [4.69, 9.17) is 4.42 Å². The van der Waals surface area contributed by atoms with Crippen LogP contribution in [0, 0.1) is 0 Å². The maximum absolute atomic E-state index is 12.7. The molecule has 7 nitrogen and oxygen atoms in total. The molecule has 0 amide bonds. The minimum absolute atomic E-state index is 0.0640. The van der Waals surface area contributed by atoms with Crippen LogP contribution in [0.4, 0.5) is 5.69 Å². The van der Waals surface area contributed by atoms with Crippen LogP contribution in [-0.2, 0) is 21.9 Å². The number of aryl methyl sites for hydroxylation is 1. The molecule has 2 aromatic carbocycles. The van der Waals surface area contributed by atoms with Crippen LogP contribution in [0.5, 0.6) is 0 Å². The summed E-state index contributed by atoms with van der Waals surface area (Å²) in [5, 5.41) is 8.50. The molecule has 174 valence electrons. The quantitative estimate of drug-likeness (QED) is 0.368. The lowest BCUT2D eigenvalue weighted by Crippen LogP contribution is -2.34. The summed E-state index contributed by atoms with van der Waals surface area (Å²) >= 11 is 1.19. The van der Waals surface area contributed by atoms with Crippen LogP contribution in [0.15, 0.2) is 52.1 Å². The van der Waals surface area contributed by atoms with Crippen molar-refractivity contribution in [2.24, 2.45) is 0 Å². The summed E-state index contributed by atoms with van der Waals surface area (Å²) in [6.07, 6.45) is 2.68. The summed E-state index contributed by atoms with van der Waals surface area (Å²) < 4.78 is 31.2. The van der Waals surface area contributed by atoms with E-state index in [0.29, 0.717) is 28.9 Å². The Morgan fingerprint density at radius 3 is 2.52 bits per heavy atom. The number of aromatic nitrogens is 2. The van der Waals surface area contributed by atoms with Crippen LogP contribution in [0.1, 0.15) is 48.7 Å².